The molecule has 0 aliphatic heterocycles. The lowest BCUT2D eigenvalue weighted by atomic mass is 9.94. The number of rotatable bonds is 5. The van der Waals surface area contributed by atoms with Gasteiger partial charge in [-0.3, -0.25) is 4.68 Å². The number of aromatic nitrogens is 2. The number of fused-ring (bicyclic) bond motifs is 1. The molecule has 27 heavy (non-hydrogen) atoms. The third-order valence-electron chi connectivity index (χ3n) is 4.32. The number of sulfonamides is 1. The quantitative estimate of drug-likeness (QED) is 0.687. The molecule has 1 N–H and O–H groups in total. The molecule has 1 aliphatic carbocycles. The predicted octanol–water partition coefficient (Wildman–Crippen LogP) is 3.22. The van der Waals surface area contributed by atoms with Crippen LogP contribution in [0.15, 0.2) is 33.8 Å². The number of carbonyl (C=O) groups excluding carboxylic acids is 1. The van der Waals surface area contributed by atoms with E-state index >= 15 is 0 Å². The molecule has 6 nitrogen and oxygen atoms in total. The van der Waals surface area contributed by atoms with Crippen LogP contribution in [0, 0.1) is 0 Å². The van der Waals surface area contributed by atoms with Gasteiger partial charge < -0.3 is 4.79 Å². The molecule has 0 bridgehead atoms. The second-order valence-corrected chi connectivity index (χ2v) is 8.76. The summed E-state index contributed by atoms with van der Waals surface area (Å²) in [4.78, 5) is 10.3. The van der Waals surface area contributed by atoms with Crippen LogP contribution in [0.5, 0.6) is 0 Å². The van der Waals surface area contributed by atoms with E-state index in [1.54, 1.807) is 0 Å². The third kappa shape index (κ3) is 4.25. The standard InChI is InChI=1S/C16H15BrF3N3O3S/c17-11-6-10(16(18,19)20)7-12(8-11)27(25,26)22-14-2-1-3-15-13(14)9-21-23(15)4-5-24/h5-9,14,22H,1-4H2. The number of nitrogens with one attached hydrogen (secondary N) is 1. The maximum absolute atomic E-state index is 13.0. The fourth-order valence-electron chi connectivity index (χ4n) is 3.11. The summed E-state index contributed by atoms with van der Waals surface area (Å²) in [6.07, 6.45) is -0.677. The fraction of sp³-hybridized carbons (Fsp3) is 0.375. The van der Waals surface area contributed by atoms with Crippen molar-refractivity contribution in [3.63, 3.8) is 0 Å². The Morgan fingerprint density at radius 2 is 2.07 bits per heavy atom. The van der Waals surface area contributed by atoms with Crippen molar-refractivity contribution >= 4 is 32.2 Å². The molecule has 1 heterocycles. The molecule has 0 radical (unpaired) electrons. The Kier molecular flexibility index (Phi) is 5.46. The van der Waals surface area contributed by atoms with Gasteiger partial charge in [0.15, 0.2) is 0 Å². The SMILES string of the molecule is O=CCn1ncc2c1CCCC2NS(=O)(=O)c1cc(Br)cc(C(F)(F)F)c1. The highest BCUT2D eigenvalue weighted by Crippen LogP contribution is 2.35. The predicted molar refractivity (Wildman–Crippen MR) is 93.4 cm³/mol. The van der Waals surface area contributed by atoms with Crippen molar-refractivity contribution in [1.29, 1.82) is 0 Å². The molecule has 0 saturated heterocycles. The topological polar surface area (TPSA) is 81.1 Å². The van der Waals surface area contributed by atoms with Crippen LogP contribution in [0.1, 0.15) is 35.7 Å². The van der Waals surface area contributed by atoms with Gasteiger partial charge >= 0.3 is 6.18 Å². The van der Waals surface area contributed by atoms with Crippen molar-refractivity contribution in [3.8, 4) is 0 Å². The summed E-state index contributed by atoms with van der Waals surface area (Å²) in [5, 5.41) is 4.10. The molecular formula is C16H15BrF3N3O3S. The van der Waals surface area contributed by atoms with Gasteiger partial charge in [-0.25, -0.2) is 13.1 Å². The minimum absolute atomic E-state index is 0.0147. The van der Waals surface area contributed by atoms with Gasteiger partial charge in [0.1, 0.15) is 6.29 Å². The summed E-state index contributed by atoms with van der Waals surface area (Å²) >= 11 is 2.93. The smallest absolute Gasteiger partial charge is 0.301 e. The van der Waals surface area contributed by atoms with E-state index in [-0.39, 0.29) is 11.0 Å². The Morgan fingerprint density at radius 3 is 2.74 bits per heavy atom. The fourth-order valence-corrected chi connectivity index (χ4v) is 5.07. The Labute approximate surface area is 161 Å². The second kappa shape index (κ2) is 7.36. The van der Waals surface area contributed by atoms with Crippen molar-refractivity contribution in [2.24, 2.45) is 0 Å². The van der Waals surface area contributed by atoms with Crippen LogP contribution in [-0.2, 0) is 34.0 Å². The first kappa shape index (κ1) is 20.0. The summed E-state index contributed by atoms with van der Waals surface area (Å²) in [5.74, 6) is 0. The molecule has 146 valence electrons. The van der Waals surface area contributed by atoms with Crippen molar-refractivity contribution in [2.45, 2.75) is 42.9 Å². The molecule has 11 heteroatoms. The summed E-state index contributed by atoms with van der Waals surface area (Å²) in [5.41, 5.74) is 0.337. The number of aldehydes is 1. The number of halogens is 4. The molecule has 1 atom stereocenters. The highest BCUT2D eigenvalue weighted by Gasteiger charge is 2.34. The van der Waals surface area contributed by atoms with E-state index in [4.69, 9.17) is 0 Å². The second-order valence-electron chi connectivity index (χ2n) is 6.13. The molecule has 1 aliphatic rings. The molecule has 1 aromatic heterocycles. The van der Waals surface area contributed by atoms with E-state index in [9.17, 15) is 26.4 Å². The van der Waals surface area contributed by atoms with Crippen LogP contribution in [0.25, 0.3) is 0 Å². The molecule has 1 unspecified atom stereocenters. The van der Waals surface area contributed by atoms with Crippen LogP contribution in [-0.4, -0.2) is 24.5 Å². The number of nitrogens with zero attached hydrogens (tertiary/aromatic N) is 2. The van der Waals surface area contributed by atoms with Crippen LogP contribution < -0.4 is 4.72 Å². The van der Waals surface area contributed by atoms with Gasteiger partial charge in [0.2, 0.25) is 10.0 Å². The van der Waals surface area contributed by atoms with E-state index < -0.39 is 32.7 Å². The Balaban J connectivity index is 1.93. The van der Waals surface area contributed by atoms with Crippen LogP contribution >= 0.6 is 15.9 Å². The number of hydrogen-bond donors (Lipinski definition) is 1. The average molecular weight is 466 g/mol. The minimum atomic E-state index is -4.66. The monoisotopic (exact) mass is 465 g/mol. The number of alkyl halides is 3. The first-order valence-corrected chi connectivity index (χ1v) is 10.3. The van der Waals surface area contributed by atoms with Crippen LogP contribution in [0.2, 0.25) is 0 Å². The average Bonchev–Trinajstić information content (AvgIpc) is 2.98. The lowest BCUT2D eigenvalue weighted by Crippen LogP contribution is -2.31. The lowest BCUT2D eigenvalue weighted by molar-refractivity contribution is -0.137. The Morgan fingerprint density at radius 1 is 1.33 bits per heavy atom. The number of benzene rings is 1. The molecule has 1 aromatic carbocycles. The summed E-state index contributed by atoms with van der Waals surface area (Å²) in [6, 6.07) is 1.93. The van der Waals surface area contributed by atoms with Gasteiger partial charge in [-0.05, 0) is 37.5 Å². The van der Waals surface area contributed by atoms with Gasteiger partial charge in [-0.15, -0.1) is 0 Å². The van der Waals surface area contributed by atoms with Crippen LogP contribution in [0.4, 0.5) is 13.2 Å². The molecule has 0 spiro atoms. The zero-order valence-electron chi connectivity index (χ0n) is 13.8. The molecule has 0 amide bonds. The lowest BCUT2D eigenvalue weighted by Gasteiger charge is -2.24. The molecule has 2 aromatic rings. The molecular weight excluding hydrogens is 451 g/mol. The zero-order valence-corrected chi connectivity index (χ0v) is 16.2. The number of carbonyl (C=O) groups is 1. The van der Waals surface area contributed by atoms with Crippen LogP contribution in [0.3, 0.4) is 0 Å². The highest BCUT2D eigenvalue weighted by atomic mass is 79.9. The Bertz CT molecular complexity index is 973. The van der Waals surface area contributed by atoms with E-state index in [2.05, 4.69) is 25.8 Å². The third-order valence-corrected chi connectivity index (χ3v) is 6.23. The zero-order chi connectivity index (χ0) is 19.8. The Hall–Kier alpha value is -1.72. The summed E-state index contributed by atoms with van der Waals surface area (Å²) in [7, 11) is -4.20. The van der Waals surface area contributed by atoms with Gasteiger partial charge in [0, 0.05) is 15.7 Å². The van der Waals surface area contributed by atoms with Gasteiger partial charge in [0.25, 0.3) is 0 Å². The minimum Gasteiger partial charge on any atom is -0.301 e. The molecule has 0 saturated carbocycles. The van der Waals surface area contributed by atoms with E-state index in [0.29, 0.717) is 37.2 Å². The highest BCUT2D eigenvalue weighted by molar-refractivity contribution is 9.10. The summed E-state index contributed by atoms with van der Waals surface area (Å²) in [6.45, 7) is 0.0649. The van der Waals surface area contributed by atoms with Gasteiger partial charge in [-0.2, -0.15) is 18.3 Å². The van der Waals surface area contributed by atoms with E-state index in [0.717, 1.165) is 17.8 Å². The maximum atomic E-state index is 13.0. The van der Waals surface area contributed by atoms with Crippen molar-refractivity contribution in [1.82, 2.24) is 14.5 Å². The summed E-state index contributed by atoms with van der Waals surface area (Å²) < 4.78 is 68.3. The van der Waals surface area contributed by atoms with Gasteiger partial charge in [0.05, 0.1) is 29.2 Å². The normalized spacial score (nSPS) is 17.6. The first-order valence-electron chi connectivity index (χ1n) is 8.00. The molecule has 3 rings (SSSR count). The largest absolute Gasteiger partial charge is 0.416 e. The van der Waals surface area contributed by atoms with E-state index in [1.807, 2.05) is 0 Å². The maximum Gasteiger partial charge on any atom is 0.416 e. The van der Waals surface area contributed by atoms with Crippen molar-refractivity contribution in [3.05, 3.63) is 45.7 Å². The van der Waals surface area contributed by atoms with Crippen molar-refractivity contribution in [2.75, 3.05) is 0 Å². The first-order chi connectivity index (χ1) is 12.6. The molecule has 0 fully saturated rings. The van der Waals surface area contributed by atoms with Crippen molar-refractivity contribution < 1.29 is 26.4 Å². The van der Waals surface area contributed by atoms with Gasteiger partial charge in [-0.1, -0.05) is 15.9 Å². The van der Waals surface area contributed by atoms with E-state index in [1.165, 1.54) is 10.9 Å². The number of hydrogen-bond acceptors (Lipinski definition) is 4.